The van der Waals surface area contributed by atoms with Gasteiger partial charge in [-0.1, -0.05) is 11.6 Å². The predicted molar refractivity (Wildman–Crippen MR) is 46.0 cm³/mol. The van der Waals surface area contributed by atoms with E-state index >= 15 is 0 Å². The van der Waals surface area contributed by atoms with Crippen molar-refractivity contribution in [2.24, 2.45) is 11.5 Å². The van der Waals surface area contributed by atoms with Crippen molar-refractivity contribution >= 4 is 0 Å². The molecule has 66 valence electrons. The van der Waals surface area contributed by atoms with E-state index in [1.165, 1.54) is 0 Å². The Morgan fingerprint density at radius 2 is 1.82 bits per heavy atom. The van der Waals surface area contributed by atoms with Crippen LogP contribution in [-0.4, -0.2) is 18.8 Å². The first-order valence-corrected chi connectivity index (χ1v) is 3.76. The third-order valence-corrected chi connectivity index (χ3v) is 1.61. The van der Waals surface area contributed by atoms with Crippen molar-refractivity contribution in [1.29, 1.82) is 0 Å². The van der Waals surface area contributed by atoms with Gasteiger partial charge in [-0.15, -0.1) is 0 Å². The van der Waals surface area contributed by atoms with Crippen molar-refractivity contribution in [3.63, 3.8) is 0 Å². The summed E-state index contributed by atoms with van der Waals surface area (Å²) in [6, 6.07) is 0. The maximum Gasteiger partial charge on any atom is 0.138 e. The van der Waals surface area contributed by atoms with Crippen LogP contribution in [0.4, 0.5) is 4.39 Å². The van der Waals surface area contributed by atoms with Crippen LogP contribution in [0.25, 0.3) is 0 Å². The maximum absolute atomic E-state index is 13.3. The molecule has 0 rings (SSSR count). The summed E-state index contributed by atoms with van der Waals surface area (Å²) in [4.78, 5) is 0. The average molecular weight is 160 g/mol. The van der Waals surface area contributed by atoms with Gasteiger partial charge in [-0.25, -0.2) is 4.39 Å². The van der Waals surface area contributed by atoms with Crippen molar-refractivity contribution in [1.82, 2.24) is 0 Å². The first kappa shape index (κ1) is 10.6. The van der Waals surface area contributed by atoms with Gasteiger partial charge in [0.25, 0.3) is 0 Å². The summed E-state index contributed by atoms with van der Waals surface area (Å²) >= 11 is 0. The van der Waals surface area contributed by atoms with E-state index in [0.717, 1.165) is 5.57 Å². The Hall–Kier alpha value is -0.410. The Balaban J connectivity index is 3.98. The minimum Gasteiger partial charge on any atom is -0.327 e. The molecule has 11 heavy (non-hydrogen) atoms. The lowest BCUT2D eigenvalue weighted by atomic mass is 10.0. The summed E-state index contributed by atoms with van der Waals surface area (Å²) in [6.07, 6.45) is 2.14. The minimum atomic E-state index is -1.41. The van der Waals surface area contributed by atoms with E-state index < -0.39 is 5.67 Å². The Kier molecular flexibility index (Phi) is 4.30. The highest BCUT2D eigenvalue weighted by Crippen LogP contribution is 2.14. The number of hydrogen-bond donors (Lipinski definition) is 2. The van der Waals surface area contributed by atoms with Crippen LogP contribution in [0.15, 0.2) is 11.6 Å². The van der Waals surface area contributed by atoms with Gasteiger partial charge in [-0.2, -0.15) is 0 Å². The zero-order valence-electron chi connectivity index (χ0n) is 7.23. The van der Waals surface area contributed by atoms with Crippen LogP contribution in [0.5, 0.6) is 0 Å². The van der Waals surface area contributed by atoms with Crippen molar-refractivity contribution in [3.8, 4) is 0 Å². The molecule has 0 aromatic carbocycles. The molecule has 0 aliphatic carbocycles. The van der Waals surface area contributed by atoms with Crippen LogP contribution in [0.3, 0.4) is 0 Å². The largest absolute Gasteiger partial charge is 0.327 e. The smallest absolute Gasteiger partial charge is 0.138 e. The van der Waals surface area contributed by atoms with Crippen LogP contribution in [-0.2, 0) is 0 Å². The molecule has 0 fully saturated rings. The van der Waals surface area contributed by atoms with Gasteiger partial charge >= 0.3 is 0 Å². The molecule has 4 N–H and O–H groups in total. The molecule has 0 aliphatic rings. The van der Waals surface area contributed by atoms with Gasteiger partial charge in [0.15, 0.2) is 0 Å². The summed E-state index contributed by atoms with van der Waals surface area (Å²) in [7, 11) is 0. The van der Waals surface area contributed by atoms with Crippen molar-refractivity contribution in [2.45, 2.75) is 25.9 Å². The summed E-state index contributed by atoms with van der Waals surface area (Å²) in [5, 5.41) is 0. The van der Waals surface area contributed by atoms with Gasteiger partial charge in [0.2, 0.25) is 0 Å². The Bertz CT molecular complexity index is 135. The number of alkyl halides is 1. The van der Waals surface area contributed by atoms with Crippen LogP contribution >= 0.6 is 0 Å². The first-order valence-electron chi connectivity index (χ1n) is 3.76. The standard InChI is InChI=1S/C8H17FN2/c1-7(2)3-4-8(9,5-10)6-11/h3H,4-6,10-11H2,1-2H3. The highest BCUT2D eigenvalue weighted by atomic mass is 19.1. The molecule has 0 saturated carbocycles. The lowest BCUT2D eigenvalue weighted by Gasteiger charge is -2.19. The number of allylic oxidation sites excluding steroid dienone is 2. The van der Waals surface area contributed by atoms with E-state index in [4.69, 9.17) is 11.5 Å². The molecule has 0 heterocycles. The SMILES string of the molecule is CC(C)=CCC(F)(CN)CN. The maximum atomic E-state index is 13.3. The zero-order valence-corrected chi connectivity index (χ0v) is 7.23. The summed E-state index contributed by atoms with van der Waals surface area (Å²) in [5.41, 5.74) is 10.1. The topological polar surface area (TPSA) is 52.0 Å². The normalized spacial score (nSPS) is 11.4. The average Bonchev–Trinajstić information content (AvgIpc) is 2.00. The van der Waals surface area contributed by atoms with E-state index in [1.54, 1.807) is 0 Å². The van der Waals surface area contributed by atoms with Crippen LogP contribution in [0.2, 0.25) is 0 Å². The second kappa shape index (κ2) is 4.46. The third-order valence-electron chi connectivity index (χ3n) is 1.61. The van der Waals surface area contributed by atoms with Crippen LogP contribution < -0.4 is 11.5 Å². The molecule has 0 atom stereocenters. The van der Waals surface area contributed by atoms with Gasteiger partial charge in [-0.3, -0.25) is 0 Å². The molecule has 0 aromatic rings. The van der Waals surface area contributed by atoms with Crippen molar-refractivity contribution in [2.75, 3.05) is 13.1 Å². The molecule has 0 spiro atoms. The lowest BCUT2D eigenvalue weighted by molar-refractivity contribution is 0.187. The van der Waals surface area contributed by atoms with Gasteiger partial charge < -0.3 is 11.5 Å². The molecule has 0 amide bonds. The molecule has 0 unspecified atom stereocenters. The van der Waals surface area contributed by atoms with Crippen molar-refractivity contribution < 1.29 is 4.39 Å². The summed E-state index contributed by atoms with van der Waals surface area (Å²) in [5.74, 6) is 0. The lowest BCUT2D eigenvalue weighted by Crippen LogP contribution is -2.40. The number of hydrogen-bond acceptors (Lipinski definition) is 2. The van der Waals surface area contributed by atoms with Crippen LogP contribution in [0.1, 0.15) is 20.3 Å². The van der Waals surface area contributed by atoms with Gasteiger partial charge in [0.05, 0.1) is 0 Å². The molecule has 0 bridgehead atoms. The fraction of sp³-hybridized carbons (Fsp3) is 0.750. The Morgan fingerprint density at radius 1 is 1.36 bits per heavy atom. The van der Waals surface area contributed by atoms with E-state index in [2.05, 4.69) is 0 Å². The molecular weight excluding hydrogens is 143 g/mol. The second-order valence-electron chi connectivity index (χ2n) is 3.04. The van der Waals surface area contributed by atoms with E-state index in [1.807, 2.05) is 19.9 Å². The fourth-order valence-electron chi connectivity index (χ4n) is 0.637. The van der Waals surface area contributed by atoms with Gasteiger partial charge in [-0.05, 0) is 13.8 Å². The third kappa shape index (κ3) is 4.11. The molecule has 0 aliphatic heterocycles. The first-order chi connectivity index (χ1) is 5.04. The van der Waals surface area contributed by atoms with E-state index in [0.29, 0.717) is 6.42 Å². The Morgan fingerprint density at radius 3 is 2.09 bits per heavy atom. The van der Waals surface area contributed by atoms with Gasteiger partial charge in [0.1, 0.15) is 5.67 Å². The number of halogens is 1. The Labute approximate surface area is 67.4 Å². The molecule has 2 nitrogen and oxygen atoms in total. The number of rotatable bonds is 4. The molecule has 0 saturated heterocycles. The second-order valence-corrected chi connectivity index (χ2v) is 3.04. The highest BCUT2D eigenvalue weighted by Gasteiger charge is 2.23. The number of nitrogens with two attached hydrogens (primary N) is 2. The molecular formula is C8H17FN2. The highest BCUT2D eigenvalue weighted by molar-refractivity contribution is 4.99. The minimum absolute atomic E-state index is 0.00667. The molecule has 0 aromatic heterocycles. The molecule has 0 radical (unpaired) electrons. The van der Waals surface area contributed by atoms with E-state index in [9.17, 15) is 4.39 Å². The van der Waals surface area contributed by atoms with Crippen LogP contribution in [0, 0.1) is 0 Å². The van der Waals surface area contributed by atoms with E-state index in [-0.39, 0.29) is 13.1 Å². The fourth-order valence-corrected chi connectivity index (χ4v) is 0.637. The monoisotopic (exact) mass is 160 g/mol. The van der Waals surface area contributed by atoms with Crippen molar-refractivity contribution in [3.05, 3.63) is 11.6 Å². The summed E-state index contributed by atoms with van der Waals surface area (Å²) < 4.78 is 13.3. The zero-order chi connectivity index (χ0) is 8.91. The van der Waals surface area contributed by atoms with Gasteiger partial charge in [0, 0.05) is 19.5 Å². The summed E-state index contributed by atoms with van der Waals surface area (Å²) in [6.45, 7) is 3.83. The quantitative estimate of drug-likeness (QED) is 0.602. The predicted octanol–water partition coefficient (Wildman–Crippen LogP) is 0.968. The molecule has 3 heteroatoms.